The highest BCUT2D eigenvalue weighted by molar-refractivity contribution is 5.85. The molecule has 3 rings (SSSR count). The average Bonchev–Trinajstić information content (AvgIpc) is 3.04. The molecule has 164 valence electrons. The Morgan fingerprint density at radius 3 is 2.37 bits per heavy atom. The largest absolute Gasteiger partial charge is 0.472 e. The van der Waals surface area contributed by atoms with Crippen molar-refractivity contribution in [3.05, 3.63) is 47.7 Å². The molecule has 13 heteroatoms. The van der Waals surface area contributed by atoms with Gasteiger partial charge in [-0.1, -0.05) is 0 Å². The van der Waals surface area contributed by atoms with Crippen molar-refractivity contribution in [3.8, 4) is 0 Å². The molecule has 0 saturated carbocycles. The molecule has 1 unspecified atom stereocenters. The van der Waals surface area contributed by atoms with Crippen LogP contribution in [0.4, 0.5) is 35.1 Å². The third-order valence-corrected chi connectivity index (χ3v) is 4.46. The van der Waals surface area contributed by atoms with E-state index in [-0.39, 0.29) is 17.8 Å². The third-order valence-electron chi connectivity index (χ3n) is 4.46. The molecule has 3 heterocycles. The quantitative estimate of drug-likeness (QED) is 0.661. The highest BCUT2D eigenvalue weighted by atomic mass is 19.4. The third kappa shape index (κ3) is 4.05. The monoisotopic (exact) mass is 443 g/mol. The van der Waals surface area contributed by atoms with Gasteiger partial charge in [-0.3, -0.25) is 9.69 Å². The van der Waals surface area contributed by atoms with Gasteiger partial charge in [-0.2, -0.15) is 35.1 Å². The number of carbonyl (C=O) groups is 1. The summed E-state index contributed by atoms with van der Waals surface area (Å²) in [6, 6.07) is 1.94. The maximum atomic E-state index is 13.0. The van der Waals surface area contributed by atoms with Crippen molar-refractivity contribution in [3.63, 3.8) is 0 Å². The molecule has 5 nitrogen and oxygen atoms in total. The molecule has 0 saturated heterocycles. The van der Waals surface area contributed by atoms with Gasteiger partial charge in [0, 0.05) is 19.4 Å². The zero-order valence-corrected chi connectivity index (χ0v) is 15.1. The summed E-state index contributed by atoms with van der Waals surface area (Å²) < 4.78 is 107. The second-order valence-electron chi connectivity index (χ2n) is 6.57. The van der Waals surface area contributed by atoms with Crippen LogP contribution in [0, 0.1) is 0 Å². The number of amides is 1. The van der Waals surface area contributed by atoms with Crippen LogP contribution in [0.15, 0.2) is 36.5 Å². The first-order valence-electron chi connectivity index (χ1n) is 8.31. The lowest BCUT2D eigenvalue weighted by Crippen LogP contribution is -2.42. The second-order valence-corrected chi connectivity index (χ2v) is 6.57. The molecular weight excluding hydrogens is 430 g/mol. The Labute approximate surface area is 163 Å². The van der Waals surface area contributed by atoms with Gasteiger partial charge < -0.3 is 9.14 Å². The zero-order chi connectivity index (χ0) is 22.5. The van der Waals surface area contributed by atoms with E-state index in [0.717, 1.165) is 40.8 Å². The summed E-state index contributed by atoms with van der Waals surface area (Å²) in [7, 11) is 1.11. The topological polar surface area (TPSA) is 46.8 Å². The van der Waals surface area contributed by atoms with Crippen LogP contribution in [0.3, 0.4) is 0 Å². The number of halogens is 8. The van der Waals surface area contributed by atoms with E-state index < -0.39 is 48.2 Å². The summed E-state index contributed by atoms with van der Waals surface area (Å²) in [6.07, 6.45) is -7.37. The first kappa shape index (κ1) is 21.8. The second kappa shape index (κ2) is 7.13. The summed E-state index contributed by atoms with van der Waals surface area (Å²) in [5.41, 5.74) is -0.668. The van der Waals surface area contributed by atoms with Crippen LogP contribution in [0.5, 0.6) is 0 Å². The minimum Gasteiger partial charge on any atom is -0.472 e. The molecule has 1 aliphatic rings. The number of fused-ring (bicyclic) bond motifs is 1. The molecule has 30 heavy (non-hydrogen) atoms. The molecule has 0 aromatic carbocycles. The predicted molar refractivity (Wildman–Crippen MR) is 85.4 cm³/mol. The van der Waals surface area contributed by atoms with E-state index in [0.29, 0.717) is 0 Å². The van der Waals surface area contributed by atoms with Gasteiger partial charge in [-0.15, -0.1) is 0 Å². The lowest BCUT2D eigenvalue weighted by molar-refractivity contribution is -0.295. The van der Waals surface area contributed by atoms with Crippen LogP contribution in [0.2, 0.25) is 0 Å². The molecular formula is C17H13F8N3O2. The minimum absolute atomic E-state index is 0.113. The van der Waals surface area contributed by atoms with Gasteiger partial charge in [0.15, 0.2) is 12.5 Å². The lowest BCUT2D eigenvalue weighted by Gasteiger charge is -2.30. The van der Waals surface area contributed by atoms with Crippen molar-refractivity contribution in [2.24, 2.45) is 0 Å². The highest BCUT2D eigenvalue weighted by Gasteiger charge is 2.58. The molecule has 1 aliphatic heterocycles. The van der Waals surface area contributed by atoms with Gasteiger partial charge in [0.25, 0.3) is 0 Å². The molecule has 2 aromatic heterocycles. The van der Waals surface area contributed by atoms with Crippen molar-refractivity contribution in [1.82, 2.24) is 14.3 Å². The Morgan fingerprint density at radius 2 is 1.77 bits per heavy atom. The molecule has 0 spiro atoms. The Balaban J connectivity index is 1.80. The smallest absolute Gasteiger partial charge is 0.456 e. The van der Waals surface area contributed by atoms with Gasteiger partial charge >= 0.3 is 18.3 Å². The van der Waals surface area contributed by atoms with E-state index >= 15 is 0 Å². The fraction of sp³-hybridized carbons (Fsp3) is 0.412. The van der Waals surface area contributed by atoms with Crippen molar-refractivity contribution < 1.29 is 44.7 Å². The number of carbonyl (C=O) groups excluding carboxylic acids is 1. The van der Waals surface area contributed by atoms with Gasteiger partial charge in [0.05, 0.1) is 17.2 Å². The van der Waals surface area contributed by atoms with Crippen molar-refractivity contribution in [2.75, 3.05) is 13.7 Å². The van der Waals surface area contributed by atoms with E-state index in [9.17, 15) is 39.9 Å². The summed E-state index contributed by atoms with van der Waals surface area (Å²) in [5.74, 6) is -7.28. The number of nitrogens with zero attached hydrogens (tertiary/aromatic N) is 3. The number of imidazole rings is 1. The molecule has 0 aliphatic carbocycles. The van der Waals surface area contributed by atoms with Crippen LogP contribution in [-0.2, 0) is 15.7 Å². The van der Waals surface area contributed by atoms with Gasteiger partial charge in [0.1, 0.15) is 5.65 Å². The molecule has 2 aromatic rings. The van der Waals surface area contributed by atoms with Gasteiger partial charge in [-0.25, -0.2) is 4.98 Å². The molecule has 0 fully saturated rings. The molecule has 0 N–H and O–H groups in total. The van der Waals surface area contributed by atoms with Crippen molar-refractivity contribution in [2.45, 2.75) is 30.6 Å². The number of aromatic nitrogens is 2. The maximum Gasteiger partial charge on any atom is 0.456 e. The van der Waals surface area contributed by atoms with Crippen LogP contribution in [-0.4, -0.2) is 45.9 Å². The van der Waals surface area contributed by atoms with Crippen LogP contribution >= 0.6 is 0 Å². The Morgan fingerprint density at radius 1 is 1.10 bits per heavy atom. The number of likely N-dealkylation sites (N-methyl/N-ethyl adjacent to an activating group) is 1. The Kier molecular flexibility index (Phi) is 5.19. The number of hydrogen-bond acceptors (Lipinski definition) is 3. The number of ether oxygens (including phenoxy) is 1. The number of rotatable bonds is 4. The SMILES string of the molecule is CN1C(=O)C(c2cn3cc(C(F)(F)F)ccc3n2)CC=C1OCC(F)(F)C(F)(F)F. The van der Waals surface area contributed by atoms with E-state index in [1.54, 1.807) is 0 Å². The summed E-state index contributed by atoms with van der Waals surface area (Å²) in [6.45, 7) is -2.00. The van der Waals surface area contributed by atoms with Crippen molar-refractivity contribution in [1.29, 1.82) is 0 Å². The number of allylic oxidation sites excluding steroid dienone is 1. The zero-order valence-electron chi connectivity index (χ0n) is 15.1. The summed E-state index contributed by atoms with van der Waals surface area (Å²) in [4.78, 5) is 17.4. The Bertz CT molecular complexity index is 993. The Hall–Kier alpha value is -2.86. The highest BCUT2D eigenvalue weighted by Crippen LogP contribution is 2.37. The number of alkyl halides is 8. The summed E-state index contributed by atoms with van der Waals surface area (Å²) in [5, 5.41) is 0. The van der Waals surface area contributed by atoms with E-state index in [4.69, 9.17) is 0 Å². The molecule has 0 radical (unpaired) electrons. The van der Waals surface area contributed by atoms with Gasteiger partial charge in [0.2, 0.25) is 5.91 Å². The lowest BCUT2D eigenvalue weighted by atomic mass is 9.97. The van der Waals surface area contributed by atoms with Crippen LogP contribution in [0.1, 0.15) is 23.6 Å². The van der Waals surface area contributed by atoms with Crippen LogP contribution < -0.4 is 0 Å². The first-order chi connectivity index (χ1) is 13.7. The van der Waals surface area contributed by atoms with Crippen LogP contribution in [0.25, 0.3) is 5.65 Å². The van der Waals surface area contributed by atoms with E-state index in [1.807, 2.05) is 0 Å². The first-order valence-corrected chi connectivity index (χ1v) is 8.31. The van der Waals surface area contributed by atoms with E-state index in [1.165, 1.54) is 6.20 Å². The van der Waals surface area contributed by atoms with Gasteiger partial charge in [-0.05, 0) is 24.6 Å². The fourth-order valence-electron chi connectivity index (χ4n) is 2.80. The van der Waals surface area contributed by atoms with E-state index in [2.05, 4.69) is 9.72 Å². The maximum absolute atomic E-state index is 13.0. The summed E-state index contributed by atoms with van der Waals surface area (Å²) >= 11 is 0. The molecule has 1 atom stereocenters. The average molecular weight is 443 g/mol. The fourth-order valence-corrected chi connectivity index (χ4v) is 2.80. The predicted octanol–water partition coefficient (Wildman–Crippen LogP) is 4.35. The standard InChI is InChI=1S/C17H13F8N3O2/c1-27-13(30-8-15(18,19)17(23,24)25)5-3-10(14(27)29)11-7-28-6-9(16(20,21)22)2-4-12(28)26-11/h2,4-7,10H,3,8H2,1H3. The number of pyridine rings is 1. The minimum atomic E-state index is -5.81. The molecule has 1 amide bonds. The molecule has 0 bridgehead atoms. The normalized spacial score (nSPS) is 18.7. The number of hydrogen-bond donors (Lipinski definition) is 0. The van der Waals surface area contributed by atoms with Crippen molar-refractivity contribution >= 4 is 11.6 Å².